The smallest absolute Gasteiger partial charge is 0.268 e. The molecule has 152 valence electrons. The monoisotopic (exact) mass is 418 g/mol. The molecular formula is C25H22O4S. The van der Waals surface area contributed by atoms with Crippen molar-refractivity contribution in [2.24, 2.45) is 0 Å². The summed E-state index contributed by atoms with van der Waals surface area (Å²) in [5, 5.41) is 13.8. The van der Waals surface area contributed by atoms with Crippen LogP contribution in [0.25, 0.3) is 21.5 Å². The molecule has 0 spiro atoms. The third-order valence-electron chi connectivity index (χ3n) is 6.37. The first-order valence-corrected chi connectivity index (χ1v) is 11.5. The summed E-state index contributed by atoms with van der Waals surface area (Å²) in [4.78, 5) is 0. The van der Waals surface area contributed by atoms with Gasteiger partial charge in [0.25, 0.3) is 10.1 Å². The lowest BCUT2D eigenvalue weighted by Crippen LogP contribution is -2.30. The van der Waals surface area contributed by atoms with Crippen molar-refractivity contribution in [3.05, 3.63) is 89.0 Å². The molecule has 0 bridgehead atoms. The van der Waals surface area contributed by atoms with Gasteiger partial charge in [-0.25, -0.2) is 0 Å². The second-order valence-corrected chi connectivity index (χ2v) is 9.89. The maximum Gasteiger partial charge on any atom is 0.268 e. The number of aryl methyl sites for hydroxylation is 1. The highest BCUT2D eigenvalue weighted by atomic mass is 32.2. The zero-order valence-corrected chi connectivity index (χ0v) is 17.4. The SMILES string of the molecule is Cc1cc2c3c(ccc2c2ccccc12)CC(S(=O)(=O)O)CC3c1cccc(O)c1. The van der Waals surface area contributed by atoms with Crippen LogP contribution in [0.5, 0.6) is 5.75 Å². The molecule has 5 heteroatoms. The lowest BCUT2D eigenvalue weighted by Gasteiger charge is -2.32. The minimum absolute atomic E-state index is 0.143. The molecule has 0 heterocycles. The van der Waals surface area contributed by atoms with Gasteiger partial charge in [-0.2, -0.15) is 8.42 Å². The van der Waals surface area contributed by atoms with E-state index in [9.17, 15) is 18.1 Å². The van der Waals surface area contributed by atoms with Crippen molar-refractivity contribution in [1.29, 1.82) is 0 Å². The van der Waals surface area contributed by atoms with Crippen LogP contribution >= 0.6 is 0 Å². The molecule has 0 saturated heterocycles. The average Bonchev–Trinajstić information content (AvgIpc) is 2.72. The molecule has 0 radical (unpaired) electrons. The lowest BCUT2D eigenvalue weighted by molar-refractivity contribution is 0.450. The van der Waals surface area contributed by atoms with Crippen molar-refractivity contribution in [3.63, 3.8) is 0 Å². The van der Waals surface area contributed by atoms with Gasteiger partial charge >= 0.3 is 0 Å². The van der Waals surface area contributed by atoms with Crippen LogP contribution in [0.4, 0.5) is 0 Å². The molecule has 2 N–H and O–H groups in total. The highest BCUT2D eigenvalue weighted by molar-refractivity contribution is 7.86. The van der Waals surface area contributed by atoms with Gasteiger partial charge in [-0.3, -0.25) is 4.55 Å². The van der Waals surface area contributed by atoms with Crippen LogP contribution in [0.3, 0.4) is 0 Å². The molecule has 4 aromatic rings. The highest BCUT2D eigenvalue weighted by Crippen LogP contribution is 2.44. The Morgan fingerprint density at radius 3 is 2.33 bits per heavy atom. The summed E-state index contributed by atoms with van der Waals surface area (Å²) in [6.07, 6.45) is 0.561. The minimum atomic E-state index is -4.18. The first-order valence-electron chi connectivity index (χ1n) is 10.0. The first kappa shape index (κ1) is 19.1. The van der Waals surface area contributed by atoms with Crippen LogP contribution in [0.1, 0.15) is 34.6 Å². The maximum absolute atomic E-state index is 12.0. The van der Waals surface area contributed by atoms with Crippen molar-refractivity contribution >= 4 is 31.7 Å². The van der Waals surface area contributed by atoms with E-state index in [4.69, 9.17) is 0 Å². The number of aromatic hydroxyl groups is 1. The Morgan fingerprint density at radius 2 is 1.60 bits per heavy atom. The molecule has 2 unspecified atom stereocenters. The second-order valence-electron chi connectivity index (χ2n) is 8.20. The summed E-state index contributed by atoms with van der Waals surface area (Å²) in [6.45, 7) is 2.09. The molecule has 0 amide bonds. The van der Waals surface area contributed by atoms with Crippen LogP contribution < -0.4 is 0 Å². The van der Waals surface area contributed by atoms with Gasteiger partial charge in [0.05, 0.1) is 5.25 Å². The summed E-state index contributed by atoms with van der Waals surface area (Å²) in [7, 11) is -4.18. The predicted octanol–water partition coefficient (Wildman–Crippen LogP) is 5.34. The Morgan fingerprint density at radius 1 is 0.867 bits per heavy atom. The molecule has 2 atom stereocenters. The Bertz CT molecular complexity index is 1410. The standard InChI is InChI=1S/C25H22O4S/c1-15-11-24-22(21-8-3-2-7-20(15)21)10-9-17-13-19(30(27,28)29)14-23(25(17)24)16-5-4-6-18(26)12-16/h2-12,19,23,26H,13-14H2,1H3,(H,27,28,29). The van der Waals surface area contributed by atoms with Gasteiger partial charge in [-0.1, -0.05) is 54.6 Å². The van der Waals surface area contributed by atoms with Crippen LogP contribution in [-0.4, -0.2) is 23.3 Å². The normalized spacial score (nSPS) is 19.1. The zero-order chi connectivity index (χ0) is 21.0. The Balaban J connectivity index is 1.85. The molecule has 0 fully saturated rings. The van der Waals surface area contributed by atoms with E-state index in [0.717, 1.165) is 33.0 Å². The van der Waals surface area contributed by atoms with Crippen LogP contribution in [0.2, 0.25) is 0 Å². The van der Waals surface area contributed by atoms with Crippen molar-refractivity contribution in [3.8, 4) is 5.75 Å². The number of fused-ring (bicyclic) bond motifs is 5. The van der Waals surface area contributed by atoms with Gasteiger partial charge in [0.1, 0.15) is 5.75 Å². The Labute approximate surface area is 175 Å². The average molecular weight is 419 g/mol. The summed E-state index contributed by atoms with van der Waals surface area (Å²) >= 11 is 0. The molecule has 0 aromatic heterocycles. The maximum atomic E-state index is 12.0. The summed E-state index contributed by atoms with van der Waals surface area (Å²) < 4.78 is 33.9. The van der Waals surface area contributed by atoms with Gasteiger partial charge in [0.2, 0.25) is 0 Å². The van der Waals surface area contributed by atoms with E-state index in [1.165, 1.54) is 10.8 Å². The number of hydrogen-bond acceptors (Lipinski definition) is 3. The first-order chi connectivity index (χ1) is 14.3. The van der Waals surface area contributed by atoms with Gasteiger partial charge in [0.15, 0.2) is 0 Å². The number of benzene rings is 4. The van der Waals surface area contributed by atoms with E-state index in [-0.39, 0.29) is 24.5 Å². The topological polar surface area (TPSA) is 74.6 Å². The summed E-state index contributed by atoms with van der Waals surface area (Å²) in [5.41, 5.74) is 4.03. The van der Waals surface area contributed by atoms with Gasteiger partial charge in [0, 0.05) is 5.92 Å². The number of hydrogen-bond donors (Lipinski definition) is 2. The number of phenols is 1. The minimum Gasteiger partial charge on any atom is -0.508 e. The van der Waals surface area contributed by atoms with Crippen molar-refractivity contribution < 1.29 is 18.1 Å². The fourth-order valence-electron chi connectivity index (χ4n) is 5.00. The zero-order valence-electron chi connectivity index (χ0n) is 16.5. The fourth-order valence-corrected chi connectivity index (χ4v) is 5.82. The van der Waals surface area contributed by atoms with Crippen LogP contribution in [0, 0.1) is 6.92 Å². The van der Waals surface area contributed by atoms with E-state index in [2.05, 4.69) is 31.2 Å². The molecule has 30 heavy (non-hydrogen) atoms. The van der Waals surface area contributed by atoms with Gasteiger partial charge in [-0.05, 0) is 75.7 Å². The van der Waals surface area contributed by atoms with E-state index < -0.39 is 15.4 Å². The van der Waals surface area contributed by atoms with E-state index >= 15 is 0 Å². The van der Waals surface area contributed by atoms with Crippen molar-refractivity contribution in [1.82, 2.24) is 0 Å². The third kappa shape index (κ3) is 3.06. The quantitative estimate of drug-likeness (QED) is 0.340. The second kappa shape index (κ2) is 6.83. The summed E-state index contributed by atoms with van der Waals surface area (Å²) in [5.74, 6) is -0.0954. The van der Waals surface area contributed by atoms with Crippen LogP contribution in [0.15, 0.2) is 66.7 Å². The molecule has 1 aliphatic carbocycles. The van der Waals surface area contributed by atoms with Crippen LogP contribution in [-0.2, 0) is 16.5 Å². The summed E-state index contributed by atoms with van der Waals surface area (Å²) in [6, 6.07) is 21.5. The largest absolute Gasteiger partial charge is 0.508 e. The van der Waals surface area contributed by atoms with E-state index in [1.54, 1.807) is 18.2 Å². The molecule has 4 nitrogen and oxygen atoms in total. The molecule has 5 rings (SSSR count). The van der Waals surface area contributed by atoms with Crippen molar-refractivity contribution in [2.75, 3.05) is 0 Å². The van der Waals surface area contributed by atoms with Gasteiger partial charge < -0.3 is 5.11 Å². The fraction of sp³-hybridized carbons (Fsp3) is 0.200. The Hall–Kier alpha value is -2.89. The predicted molar refractivity (Wildman–Crippen MR) is 120 cm³/mol. The third-order valence-corrected chi connectivity index (χ3v) is 7.57. The van der Waals surface area contributed by atoms with Crippen molar-refractivity contribution in [2.45, 2.75) is 30.9 Å². The van der Waals surface area contributed by atoms with Gasteiger partial charge in [-0.15, -0.1) is 0 Å². The molecule has 4 aromatic carbocycles. The lowest BCUT2D eigenvalue weighted by atomic mass is 9.75. The molecule has 1 aliphatic rings. The molecular weight excluding hydrogens is 396 g/mol. The molecule has 0 aliphatic heterocycles. The Kier molecular flexibility index (Phi) is 4.34. The number of phenolic OH excluding ortho intramolecular Hbond substituents is 1. The number of rotatable bonds is 2. The molecule has 0 saturated carbocycles. The van der Waals surface area contributed by atoms with E-state index in [0.29, 0.717) is 0 Å². The highest BCUT2D eigenvalue weighted by Gasteiger charge is 2.36. The van der Waals surface area contributed by atoms with E-state index in [1.807, 2.05) is 24.3 Å².